The molecule has 0 saturated heterocycles. The maximum atomic E-state index is 13.0. The predicted octanol–water partition coefficient (Wildman–Crippen LogP) is 4.16. The molecule has 2 heterocycles. The highest BCUT2D eigenvalue weighted by atomic mass is 19.2. The number of hydrogen-bond donors (Lipinski definition) is 0. The Kier molecular flexibility index (Phi) is 7.22. The lowest BCUT2D eigenvalue weighted by atomic mass is 9.84. The van der Waals surface area contributed by atoms with E-state index in [0.29, 0.717) is 5.69 Å². The van der Waals surface area contributed by atoms with Gasteiger partial charge in [-0.1, -0.05) is 38.1 Å². The largest absolute Gasteiger partial charge is 0.796 e. The number of para-hydroxylation sites is 1. The molecular weight excluding hydrogens is 429 g/mol. The number of nitrogens with zero attached hydrogens (tertiary/aromatic N) is 2. The quantitative estimate of drug-likeness (QED) is 0.339. The van der Waals surface area contributed by atoms with E-state index in [0.717, 1.165) is 16.9 Å². The number of ketones is 1. The third kappa shape index (κ3) is 4.78. The Labute approximate surface area is 192 Å². The minimum atomic E-state index is -3.16. The van der Waals surface area contributed by atoms with E-state index < -0.39 is 30.1 Å². The predicted molar refractivity (Wildman–Crippen MR) is 125 cm³/mol. The number of pyridine rings is 1. The maximum Gasteiger partial charge on any atom is 0.796 e. The van der Waals surface area contributed by atoms with E-state index in [-0.39, 0.29) is 18.6 Å². The third-order valence-corrected chi connectivity index (χ3v) is 5.89. The number of allylic oxidation sites excluding steroid dienone is 4. The Bertz CT molecular complexity index is 1170. The van der Waals surface area contributed by atoms with Gasteiger partial charge in [-0.2, -0.15) is 0 Å². The summed E-state index contributed by atoms with van der Waals surface area (Å²) >= 11 is 0. The standard InChI is InChI=1S/C24H27BF2N2O4/c1-16-15-20(33-25(26)27)22(23(31)29(16)13-14-32-5)19(30)11-8-12-21-24(2,3)17-9-6-7-10-18(17)28(21)4/h6-12,15H,13-14H2,1-5H3/b11-8+,21-12+. The van der Waals surface area contributed by atoms with Crippen LogP contribution < -0.4 is 15.1 Å². The molecule has 6 nitrogen and oxygen atoms in total. The molecule has 1 aromatic carbocycles. The van der Waals surface area contributed by atoms with Crippen molar-refractivity contribution in [1.82, 2.24) is 4.57 Å². The topological polar surface area (TPSA) is 60.8 Å². The molecule has 33 heavy (non-hydrogen) atoms. The molecule has 0 aliphatic carbocycles. The second kappa shape index (κ2) is 9.74. The van der Waals surface area contributed by atoms with Crippen molar-refractivity contribution in [2.75, 3.05) is 25.7 Å². The number of anilines is 1. The van der Waals surface area contributed by atoms with Crippen molar-refractivity contribution in [3.8, 4) is 5.75 Å². The van der Waals surface area contributed by atoms with Crippen LogP contribution in [-0.2, 0) is 16.7 Å². The SMILES string of the molecule is COCCn1c(C)cc(OB(F)F)c(C(=O)/C=C/C=C2/N(C)c3ccccc3C2(C)C)c1=O. The van der Waals surface area contributed by atoms with Crippen LogP contribution in [0.2, 0.25) is 0 Å². The lowest BCUT2D eigenvalue weighted by Crippen LogP contribution is -2.30. The molecule has 0 saturated carbocycles. The van der Waals surface area contributed by atoms with Crippen LogP contribution in [0.4, 0.5) is 14.3 Å². The molecule has 0 amide bonds. The van der Waals surface area contributed by atoms with Gasteiger partial charge in [-0.3, -0.25) is 9.59 Å². The highest BCUT2D eigenvalue weighted by Gasteiger charge is 2.37. The fraction of sp³-hybridized carbons (Fsp3) is 0.333. The van der Waals surface area contributed by atoms with Crippen LogP contribution in [0.25, 0.3) is 0 Å². The van der Waals surface area contributed by atoms with Crippen LogP contribution >= 0.6 is 0 Å². The number of benzene rings is 1. The Balaban J connectivity index is 1.98. The molecule has 0 fully saturated rings. The molecule has 0 atom stereocenters. The Morgan fingerprint density at radius 3 is 2.58 bits per heavy atom. The molecule has 3 rings (SSSR count). The van der Waals surface area contributed by atoms with Gasteiger partial charge in [-0.05, 0) is 36.8 Å². The monoisotopic (exact) mass is 456 g/mol. The summed E-state index contributed by atoms with van der Waals surface area (Å²) < 4.78 is 36.7. The number of halogens is 2. The molecule has 2 aromatic rings. The number of rotatable bonds is 8. The van der Waals surface area contributed by atoms with E-state index in [4.69, 9.17) is 4.74 Å². The molecule has 0 bridgehead atoms. The van der Waals surface area contributed by atoms with Crippen LogP contribution in [0, 0.1) is 6.92 Å². The first kappa shape index (κ1) is 24.4. The van der Waals surface area contributed by atoms with Gasteiger partial charge in [0.15, 0.2) is 5.78 Å². The van der Waals surface area contributed by atoms with Gasteiger partial charge in [0.2, 0.25) is 0 Å². The van der Waals surface area contributed by atoms with E-state index >= 15 is 0 Å². The summed E-state index contributed by atoms with van der Waals surface area (Å²) in [5.41, 5.74) is 2.15. The number of carbonyl (C=O) groups is 1. The normalized spacial score (nSPS) is 15.8. The third-order valence-electron chi connectivity index (χ3n) is 5.89. The zero-order chi connectivity index (χ0) is 24.3. The summed E-state index contributed by atoms with van der Waals surface area (Å²) in [5.74, 6) is -1.15. The molecule has 0 N–H and O–H groups in total. The number of hydrogen-bond acceptors (Lipinski definition) is 5. The van der Waals surface area contributed by atoms with Crippen LogP contribution in [-0.4, -0.2) is 38.6 Å². The average molecular weight is 456 g/mol. The number of methoxy groups -OCH3 is 1. The van der Waals surface area contributed by atoms with Crippen molar-refractivity contribution in [1.29, 1.82) is 0 Å². The first-order valence-corrected chi connectivity index (χ1v) is 10.5. The van der Waals surface area contributed by atoms with E-state index in [1.807, 2.05) is 30.1 Å². The number of aryl methyl sites for hydroxylation is 1. The zero-order valence-electron chi connectivity index (χ0n) is 19.4. The molecule has 9 heteroatoms. The number of carbonyl (C=O) groups excluding carboxylic acids is 1. The highest BCUT2D eigenvalue weighted by Crippen LogP contribution is 2.46. The van der Waals surface area contributed by atoms with E-state index in [2.05, 4.69) is 24.6 Å². The summed E-state index contributed by atoms with van der Waals surface area (Å²) in [6, 6.07) is 9.30. The van der Waals surface area contributed by atoms with Gasteiger partial charge in [-0.25, -0.2) is 8.63 Å². The van der Waals surface area contributed by atoms with E-state index in [9.17, 15) is 18.2 Å². The van der Waals surface area contributed by atoms with Gasteiger partial charge >= 0.3 is 7.47 Å². The molecule has 1 aromatic heterocycles. The van der Waals surface area contributed by atoms with Crippen molar-refractivity contribution in [3.63, 3.8) is 0 Å². The maximum absolute atomic E-state index is 13.0. The minimum absolute atomic E-state index is 0.182. The zero-order valence-corrected chi connectivity index (χ0v) is 19.4. The van der Waals surface area contributed by atoms with Crippen molar-refractivity contribution in [2.24, 2.45) is 0 Å². The van der Waals surface area contributed by atoms with E-state index in [1.54, 1.807) is 13.0 Å². The molecular formula is C24H27BF2N2O4. The number of likely N-dealkylation sites (N-methyl/N-ethyl adjacent to an activating group) is 1. The molecule has 1 aliphatic heterocycles. The molecule has 1 aliphatic rings. The summed E-state index contributed by atoms with van der Waals surface area (Å²) in [6.07, 6.45) is 4.53. The van der Waals surface area contributed by atoms with Gasteiger partial charge in [0.05, 0.1) is 6.61 Å². The molecule has 0 radical (unpaired) electrons. The Morgan fingerprint density at radius 1 is 1.24 bits per heavy atom. The number of ether oxygens (including phenoxy) is 1. The molecule has 174 valence electrons. The summed E-state index contributed by atoms with van der Waals surface area (Å²) in [5, 5.41) is 0. The molecule has 0 unspecified atom stereocenters. The fourth-order valence-corrected chi connectivity index (χ4v) is 4.23. The summed E-state index contributed by atoms with van der Waals surface area (Å²) in [7, 11) is 0.261. The highest BCUT2D eigenvalue weighted by molar-refractivity contribution is 6.35. The van der Waals surface area contributed by atoms with Gasteiger partial charge in [0.1, 0.15) is 11.3 Å². The first-order chi connectivity index (χ1) is 15.6. The van der Waals surface area contributed by atoms with Crippen molar-refractivity contribution >= 4 is 18.9 Å². The van der Waals surface area contributed by atoms with Crippen molar-refractivity contribution < 1.29 is 22.8 Å². The average Bonchev–Trinajstić information content (AvgIpc) is 2.94. The second-order valence-corrected chi connectivity index (χ2v) is 8.33. The van der Waals surface area contributed by atoms with Gasteiger partial charge in [0.25, 0.3) is 5.56 Å². The Hall–Kier alpha value is -3.20. The first-order valence-electron chi connectivity index (χ1n) is 10.5. The van der Waals surface area contributed by atoms with Crippen LogP contribution in [0.5, 0.6) is 5.75 Å². The molecule has 0 spiro atoms. The summed E-state index contributed by atoms with van der Waals surface area (Å²) in [4.78, 5) is 27.9. The second-order valence-electron chi connectivity index (χ2n) is 8.33. The van der Waals surface area contributed by atoms with Gasteiger partial charge in [0, 0.05) is 43.2 Å². The Morgan fingerprint density at radius 2 is 1.94 bits per heavy atom. The van der Waals surface area contributed by atoms with Crippen LogP contribution in [0.3, 0.4) is 0 Å². The summed E-state index contributed by atoms with van der Waals surface area (Å²) in [6.45, 7) is 6.16. The van der Waals surface area contributed by atoms with Gasteiger partial charge in [-0.15, -0.1) is 0 Å². The smallest absolute Gasteiger partial charge is 0.504 e. The minimum Gasteiger partial charge on any atom is -0.504 e. The fourth-order valence-electron chi connectivity index (χ4n) is 4.23. The van der Waals surface area contributed by atoms with Crippen LogP contribution in [0.15, 0.2) is 59.1 Å². The lowest BCUT2D eigenvalue weighted by Gasteiger charge is -2.23. The van der Waals surface area contributed by atoms with Crippen molar-refractivity contribution in [3.05, 3.63) is 81.4 Å². The van der Waals surface area contributed by atoms with Crippen LogP contribution in [0.1, 0.15) is 35.5 Å². The van der Waals surface area contributed by atoms with Gasteiger partial charge < -0.3 is 18.9 Å². The van der Waals surface area contributed by atoms with E-state index in [1.165, 1.54) is 29.9 Å². The van der Waals surface area contributed by atoms with Crippen molar-refractivity contribution in [2.45, 2.75) is 32.7 Å². The number of fused-ring (bicyclic) bond motifs is 1. The number of aromatic nitrogens is 1. The lowest BCUT2D eigenvalue weighted by molar-refractivity contribution is 0.104.